The van der Waals surface area contributed by atoms with Crippen LogP contribution in [-0.2, 0) is 11.2 Å². The first-order valence-electron chi connectivity index (χ1n) is 6.78. The molecule has 0 saturated heterocycles. The fourth-order valence-corrected chi connectivity index (χ4v) is 3.15. The molecular formula is C15H21F2NO. The van der Waals surface area contributed by atoms with Gasteiger partial charge < -0.3 is 10.1 Å². The van der Waals surface area contributed by atoms with Crippen molar-refractivity contribution in [2.24, 2.45) is 0 Å². The van der Waals surface area contributed by atoms with Gasteiger partial charge in [-0.05, 0) is 37.9 Å². The Morgan fingerprint density at radius 2 is 2.00 bits per heavy atom. The monoisotopic (exact) mass is 269 g/mol. The summed E-state index contributed by atoms with van der Waals surface area (Å²) in [4.78, 5) is 0. The Labute approximate surface area is 113 Å². The highest BCUT2D eigenvalue weighted by Gasteiger charge is 2.41. The standard InChI is InChI=1S/C15H21F2NO/c1-18-13(15(19-2)8-3-4-9-15)10-11-6-5-7-12(16)14(11)17/h5-7,13,18H,3-4,8-10H2,1-2H3. The van der Waals surface area contributed by atoms with E-state index in [1.807, 2.05) is 7.05 Å². The van der Waals surface area contributed by atoms with E-state index in [2.05, 4.69) is 5.32 Å². The number of halogens is 2. The quantitative estimate of drug-likeness (QED) is 0.887. The minimum absolute atomic E-state index is 0.00343. The molecule has 19 heavy (non-hydrogen) atoms. The molecule has 1 unspecified atom stereocenters. The van der Waals surface area contributed by atoms with E-state index in [1.54, 1.807) is 19.2 Å². The van der Waals surface area contributed by atoms with Gasteiger partial charge in [0.1, 0.15) is 0 Å². The summed E-state index contributed by atoms with van der Waals surface area (Å²) >= 11 is 0. The molecule has 0 aliphatic heterocycles. The Balaban J connectivity index is 2.21. The number of rotatable bonds is 5. The molecule has 1 fully saturated rings. The number of hydrogen-bond donors (Lipinski definition) is 1. The maximum atomic E-state index is 13.8. The second-order valence-electron chi connectivity index (χ2n) is 5.23. The molecule has 1 aromatic rings. The molecule has 2 rings (SSSR count). The lowest BCUT2D eigenvalue weighted by Crippen LogP contribution is -2.50. The maximum absolute atomic E-state index is 13.8. The summed E-state index contributed by atoms with van der Waals surface area (Å²) in [5.74, 6) is -1.53. The van der Waals surface area contributed by atoms with Crippen molar-refractivity contribution in [3.05, 3.63) is 35.4 Å². The fourth-order valence-electron chi connectivity index (χ4n) is 3.15. The predicted molar refractivity (Wildman–Crippen MR) is 71.1 cm³/mol. The van der Waals surface area contributed by atoms with Crippen LogP contribution in [0.15, 0.2) is 18.2 Å². The lowest BCUT2D eigenvalue weighted by molar-refractivity contribution is -0.0338. The van der Waals surface area contributed by atoms with E-state index in [0.29, 0.717) is 12.0 Å². The summed E-state index contributed by atoms with van der Waals surface area (Å²) in [6.45, 7) is 0. The minimum atomic E-state index is -0.787. The SMILES string of the molecule is CNC(Cc1cccc(F)c1F)C1(OC)CCCC1. The molecule has 0 radical (unpaired) electrons. The summed E-state index contributed by atoms with van der Waals surface area (Å²) in [7, 11) is 3.55. The van der Waals surface area contributed by atoms with Gasteiger partial charge in [-0.25, -0.2) is 8.78 Å². The number of ether oxygens (including phenoxy) is 1. The minimum Gasteiger partial charge on any atom is -0.377 e. The van der Waals surface area contributed by atoms with Crippen LogP contribution in [0, 0.1) is 11.6 Å². The Bertz CT molecular complexity index is 430. The van der Waals surface area contributed by atoms with E-state index in [-0.39, 0.29) is 11.6 Å². The number of methoxy groups -OCH3 is 1. The van der Waals surface area contributed by atoms with Crippen LogP contribution >= 0.6 is 0 Å². The molecule has 1 atom stereocenters. The third-order valence-corrected chi connectivity index (χ3v) is 4.30. The van der Waals surface area contributed by atoms with E-state index in [1.165, 1.54) is 0 Å². The van der Waals surface area contributed by atoms with Gasteiger partial charge in [0.15, 0.2) is 11.6 Å². The van der Waals surface area contributed by atoms with E-state index < -0.39 is 11.6 Å². The van der Waals surface area contributed by atoms with Crippen LogP contribution in [0.5, 0.6) is 0 Å². The first kappa shape index (κ1) is 14.4. The highest BCUT2D eigenvalue weighted by molar-refractivity contribution is 5.21. The van der Waals surface area contributed by atoms with Crippen molar-refractivity contribution in [1.82, 2.24) is 5.32 Å². The number of nitrogens with one attached hydrogen (secondary N) is 1. The normalized spacial score (nSPS) is 19.6. The van der Waals surface area contributed by atoms with Crippen LogP contribution in [0.25, 0.3) is 0 Å². The molecule has 1 aliphatic carbocycles. The molecular weight excluding hydrogens is 248 g/mol. The lowest BCUT2D eigenvalue weighted by atomic mass is 9.87. The second kappa shape index (κ2) is 5.97. The van der Waals surface area contributed by atoms with Gasteiger partial charge >= 0.3 is 0 Å². The van der Waals surface area contributed by atoms with Crippen LogP contribution in [0.1, 0.15) is 31.2 Å². The average molecular weight is 269 g/mol. The Morgan fingerprint density at radius 1 is 1.32 bits per heavy atom. The van der Waals surface area contributed by atoms with Crippen molar-refractivity contribution in [3.63, 3.8) is 0 Å². The number of benzene rings is 1. The smallest absolute Gasteiger partial charge is 0.162 e. The summed E-state index contributed by atoms with van der Waals surface area (Å²) in [6.07, 6.45) is 4.61. The van der Waals surface area contributed by atoms with Gasteiger partial charge in [0.05, 0.1) is 5.60 Å². The van der Waals surface area contributed by atoms with E-state index in [4.69, 9.17) is 4.74 Å². The van der Waals surface area contributed by atoms with Gasteiger partial charge in [0, 0.05) is 13.2 Å². The van der Waals surface area contributed by atoms with Crippen LogP contribution in [0.2, 0.25) is 0 Å². The van der Waals surface area contributed by atoms with Crippen LogP contribution < -0.4 is 5.32 Å². The van der Waals surface area contributed by atoms with Gasteiger partial charge in [0.2, 0.25) is 0 Å². The van der Waals surface area contributed by atoms with Gasteiger partial charge in [-0.1, -0.05) is 25.0 Å². The number of likely N-dealkylation sites (N-methyl/N-ethyl adjacent to an activating group) is 1. The molecule has 0 spiro atoms. The third-order valence-electron chi connectivity index (χ3n) is 4.30. The van der Waals surface area contributed by atoms with Crippen molar-refractivity contribution in [1.29, 1.82) is 0 Å². The number of hydrogen-bond acceptors (Lipinski definition) is 2. The van der Waals surface area contributed by atoms with Crippen molar-refractivity contribution in [2.75, 3.05) is 14.2 Å². The molecule has 106 valence electrons. The van der Waals surface area contributed by atoms with Gasteiger partial charge in [0.25, 0.3) is 0 Å². The lowest BCUT2D eigenvalue weighted by Gasteiger charge is -2.36. The van der Waals surface area contributed by atoms with Crippen molar-refractivity contribution in [3.8, 4) is 0 Å². The molecule has 0 bridgehead atoms. The van der Waals surface area contributed by atoms with Crippen LogP contribution in [-0.4, -0.2) is 25.8 Å². The molecule has 0 heterocycles. The van der Waals surface area contributed by atoms with Crippen molar-refractivity contribution >= 4 is 0 Å². The zero-order valence-corrected chi connectivity index (χ0v) is 11.5. The van der Waals surface area contributed by atoms with E-state index >= 15 is 0 Å². The van der Waals surface area contributed by atoms with Gasteiger partial charge in [-0.15, -0.1) is 0 Å². The Kier molecular flexibility index (Phi) is 4.53. The summed E-state index contributed by atoms with van der Waals surface area (Å²) in [6, 6.07) is 4.33. The first-order valence-corrected chi connectivity index (χ1v) is 6.78. The highest BCUT2D eigenvalue weighted by atomic mass is 19.2. The van der Waals surface area contributed by atoms with Crippen LogP contribution in [0.3, 0.4) is 0 Å². The van der Waals surface area contributed by atoms with Crippen LogP contribution in [0.4, 0.5) is 8.78 Å². The molecule has 0 aromatic heterocycles. The zero-order chi connectivity index (χ0) is 13.9. The molecule has 1 aromatic carbocycles. The topological polar surface area (TPSA) is 21.3 Å². The van der Waals surface area contributed by atoms with E-state index in [9.17, 15) is 8.78 Å². The first-order chi connectivity index (χ1) is 9.13. The predicted octanol–water partition coefficient (Wildman–Crippen LogP) is 3.05. The molecule has 1 N–H and O–H groups in total. The Morgan fingerprint density at radius 3 is 2.58 bits per heavy atom. The van der Waals surface area contributed by atoms with Gasteiger partial charge in [-0.2, -0.15) is 0 Å². The largest absolute Gasteiger partial charge is 0.377 e. The van der Waals surface area contributed by atoms with Crippen molar-refractivity contribution < 1.29 is 13.5 Å². The maximum Gasteiger partial charge on any atom is 0.162 e. The second-order valence-corrected chi connectivity index (χ2v) is 5.23. The Hall–Kier alpha value is -1.00. The van der Waals surface area contributed by atoms with E-state index in [0.717, 1.165) is 31.7 Å². The summed E-state index contributed by atoms with van der Waals surface area (Å²) < 4.78 is 32.7. The molecule has 1 aliphatic rings. The highest BCUT2D eigenvalue weighted by Crippen LogP contribution is 2.37. The zero-order valence-electron chi connectivity index (χ0n) is 11.5. The average Bonchev–Trinajstić information content (AvgIpc) is 2.90. The molecule has 2 nitrogen and oxygen atoms in total. The van der Waals surface area contributed by atoms with Gasteiger partial charge in [-0.3, -0.25) is 0 Å². The summed E-state index contributed by atoms with van der Waals surface area (Å²) in [5.41, 5.74) is 0.149. The fraction of sp³-hybridized carbons (Fsp3) is 0.600. The molecule has 4 heteroatoms. The van der Waals surface area contributed by atoms with Crippen molar-refractivity contribution in [2.45, 2.75) is 43.7 Å². The third kappa shape index (κ3) is 2.79. The molecule has 1 saturated carbocycles. The summed E-state index contributed by atoms with van der Waals surface area (Å²) in [5, 5.41) is 3.22. The molecule has 0 amide bonds.